The number of Topliss-reactive ketones (excluding diaryl/α,β-unsaturated/α-hetero) is 3. The molecular formula is C15H12O4. The molecule has 1 aromatic carbocycles. The second-order valence-corrected chi connectivity index (χ2v) is 4.77. The zero-order chi connectivity index (χ0) is 13.6. The Balaban J connectivity index is 2.08. The van der Waals surface area contributed by atoms with Crippen LogP contribution in [-0.2, 0) is 9.53 Å². The normalized spacial score (nSPS) is 21.6. The fourth-order valence-corrected chi connectivity index (χ4v) is 2.52. The molecule has 1 aromatic rings. The summed E-state index contributed by atoms with van der Waals surface area (Å²) < 4.78 is 5.45. The van der Waals surface area contributed by atoms with Crippen LogP contribution in [0.15, 0.2) is 35.6 Å². The average Bonchev–Trinajstić information content (AvgIpc) is 2.44. The van der Waals surface area contributed by atoms with Gasteiger partial charge in [-0.15, -0.1) is 0 Å². The Labute approximate surface area is 110 Å². The number of rotatable bonds is 1. The first-order chi connectivity index (χ1) is 9.09. The van der Waals surface area contributed by atoms with E-state index in [1.54, 1.807) is 24.3 Å². The van der Waals surface area contributed by atoms with Crippen LogP contribution in [-0.4, -0.2) is 23.5 Å². The molecule has 0 N–H and O–H groups in total. The molecule has 0 saturated carbocycles. The standard InChI is InChI=1S/C15H12O4/c1-8(16)12-7-6-11-13(17)9-4-2-3-5-10(9)14(18)15(11)19-12/h2-5,12H,6-7H2,1H3/t12-/m1/s1. The summed E-state index contributed by atoms with van der Waals surface area (Å²) >= 11 is 0. The SMILES string of the molecule is CC(=O)[C@H]1CCC2=C(O1)C(=O)c1ccccc1C2=O. The van der Waals surface area contributed by atoms with Gasteiger partial charge >= 0.3 is 0 Å². The van der Waals surface area contributed by atoms with Gasteiger partial charge in [-0.25, -0.2) is 0 Å². The van der Waals surface area contributed by atoms with Crippen molar-refractivity contribution in [3.63, 3.8) is 0 Å². The van der Waals surface area contributed by atoms with Gasteiger partial charge in [-0.3, -0.25) is 14.4 Å². The number of allylic oxidation sites excluding steroid dienone is 2. The van der Waals surface area contributed by atoms with Gasteiger partial charge in [-0.2, -0.15) is 0 Å². The Bertz CT molecular complexity index is 639. The van der Waals surface area contributed by atoms with Gasteiger partial charge in [0.1, 0.15) is 0 Å². The number of hydrogen-bond donors (Lipinski definition) is 0. The second-order valence-electron chi connectivity index (χ2n) is 4.77. The maximum Gasteiger partial charge on any atom is 0.228 e. The maximum atomic E-state index is 12.3. The van der Waals surface area contributed by atoms with Crippen LogP contribution >= 0.6 is 0 Å². The molecule has 96 valence electrons. The predicted molar refractivity (Wildman–Crippen MR) is 66.9 cm³/mol. The molecule has 0 unspecified atom stereocenters. The van der Waals surface area contributed by atoms with Crippen molar-refractivity contribution in [1.29, 1.82) is 0 Å². The Morgan fingerprint density at radius 3 is 2.42 bits per heavy atom. The molecule has 0 saturated heterocycles. The van der Waals surface area contributed by atoms with Crippen LogP contribution in [0, 0.1) is 0 Å². The topological polar surface area (TPSA) is 60.4 Å². The first-order valence-corrected chi connectivity index (χ1v) is 6.18. The molecule has 0 bridgehead atoms. The Kier molecular flexibility index (Phi) is 2.59. The van der Waals surface area contributed by atoms with Crippen molar-refractivity contribution in [2.24, 2.45) is 0 Å². The van der Waals surface area contributed by atoms with Crippen molar-refractivity contribution < 1.29 is 19.1 Å². The van der Waals surface area contributed by atoms with E-state index in [-0.39, 0.29) is 23.1 Å². The molecule has 0 radical (unpaired) electrons. The van der Waals surface area contributed by atoms with E-state index in [9.17, 15) is 14.4 Å². The van der Waals surface area contributed by atoms with E-state index in [0.29, 0.717) is 29.5 Å². The summed E-state index contributed by atoms with van der Waals surface area (Å²) in [5.41, 5.74) is 1.19. The molecule has 4 heteroatoms. The fraction of sp³-hybridized carbons (Fsp3) is 0.267. The average molecular weight is 256 g/mol. The van der Waals surface area contributed by atoms with E-state index in [1.165, 1.54) is 6.92 Å². The van der Waals surface area contributed by atoms with Crippen LogP contribution < -0.4 is 0 Å². The van der Waals surface area contributed by atoms with E-state index < -0.39 is 6.10 Å². The highest BCUT2D eigenvalue weighted by molar-refractivity contribution is 6.26. The van der Waals surface area contributed by atoms with E-state index in [4.69, 9.17) is 4.74 Å². The minimum Gasteiger partial charge on any atom is -0.478 e. The van der Waals surface area contributed by atoms with Gasteiger partial charge in [0.15, 0.2) is 23.4 Å². The van der Waals surface area contributed by atoms with Gasteiger partial charge < -0.3 is 4.74 Å². The number of hydrogen-bond acceptors (Lipinski definition) is 4. The van der Waals surface area contributed by atoms with Crippen molar-refractivity contribution in [3.05, 3.63) is 46.7 Å². The lowest BCUT2D eigenvalue weighted by atomic mass is 9.84. The molecule has 3 rings (SSSR count). The van der Waals surface area contributed by atoms with E-state index in [0.717, 1.165) is 0 Å². The molecule has 4 nitrogen and oxygen atoms in total. The van der Waals surface area contributed by atoms with Crippen molar-refractivity contribution >= 4 is 17.3 Å². The molecule has 1 atom stereocenters. The monoisotopic (exact) mass is 256 g/mol. The summed E-state index contributed by atoms with van der Waals surface area (Å²) in [6.07, 6.45) is 0.258. The largest absolute Gasteiger partial charge is 0.478 e. The molecular weight excluding hydrogens is 244 g/mol. The number of carbonyl (C=O) groups excluding carboxylic acids is 3. The summed E-state index contributed by atoms with van der Waals surface area (Å²) in [5.74, 6) is -0.510. The molecule has 1 heterocycles. The zero-order valence-corrected chi connectivity index (χ0v) is 10.4. The molecule has 0 spiro atoms. The molecule has 0 fully saturated rings. The van der Waals surface area contributed by atoms with E-state index in [1.807, 2.05) is 0 Å². The number of benzene rings is 1. The zero-order valence-electron chi connectivity index (χ0n) is 10.4. The first kappa shape index (κ1) is 11.8. The Morgan fingerprint density at radius 1 is 1.16 bits per heavy atom. The third kappa shape index (κ3) is 1.71. The first-order valence-electron chi connectivity index (χ1n) is 6.18. The molecule has 1 aliphatic heterocycles. The lowest BCUT2D eigenvalue weighted by molar-refractivity contribution is -0.126. The lowest BCUT2D eigenvalue weighted by Crippen LogP contribution is -2.33. The Morgan fingerprint density at radius 2 is 1.79 bits per heavy atom. The third-order valence-electron chi connectivity index (χ3n) is 3.54. The molecule has 0 aromatic heterocycles. The minimum absolute atomic E-state index is 0.0650. The third-order valence-corrected chi connectivity index (χ3v) is 3.54. The molecule has 19 heavy (non-hydrogen) atoms. The van der Waals surface area contributed by atoms with Crippen LogP contribution in [0.5, 0.6) is 0 Å². The summed E-state index contributed by atoms with van der Waals surface area (Å²) in [5, 5.41) is 0. The number of ketones is 3. The van der Waals surface area contributed by atoms with E-state index in [2.05, 4.69) is 0 Å². The molecule has 2 aliphatic rings. The van der Waals surface area contributed by atoms with Crippen molar-refractivity contribution in [2.45, 2.75) is 25.9 Å². The summed E-state index contributed by atoms with van der Waals surface area (Å²) in [6, 6.07) is 6.70. The minimum atomic E-state index is -0.610. The van der Waals surface area contributed by atoms with Gasteiger partial charge in [-0.1, -0.05) is 24.3 Å². The van der Waals surface area contributed by atoms with Crippen molar-refractivity contribution in [2.75, 3.05) is 0 Å². The second kappa shape index (κ2) is 4.16. The highest BCUT2D eigenvalue weighted by atomic mass is 16.5. The van der Waals surface area contributed by atoms with Gasteiger partial charge in [0.25, 0.3) is 0 Å². The van der Waals surface area contributed by atoms with Crippen LogP contribution in [0.4, 0.5) is 0 Å². The van der Waals surface area contributed by atoms with Gasteiger partial charge in [0.05, 0.1) is 0 Å². The van der Waals surface area contributed by atoms with Crippen LogP contribution in [0.25, 0.3) is 0 Å². The summed E-state index contributed by atoms with van der Waals surface area (Å²) in [7, 11) is 0. The van der Waals surface area contributed by atoms with Gasteiger partial charge in [0, 0.05) is 16.7 Å². The molecule has 0 amide bonds. The Hall–Kier alpha value is -2.23. The summed E-state index contributed by atoms with van der Waals surface area (Å²) in [4.78, 5) is 36.0. The number of carbonyl (C=O) groups is 3. The number of fused-ring (bicyclic) bond motifs is 1. The highest BCUT2D eigenvalue weighted by Crippen LogP contribution is 2.34. The van der Waals surface area contributed by atoms with Crippen LogP contribution in [0.3, 0.4) is 0 Å². The van der Waals surface area contributed by atoms with Crippen molar-refractivity contribution in [1.82, 2.24) is 0 Å². The quantitative estimate of drug-likeness (QED) is 0.772. The van der Waals surface area contributed by atoms with Crippen molar-refractivity contribution in [3.8, 4) is 0 Å². The lowest BCUT2D eigenvalue weighted by Gasteiger charge is -2.29. The predicted octanol–water partition coefficient (Wildman–Crippen LogP) is 2.09. The van der Waals surface area contributed by atoms with Crippen LogP contribution in [0.1, 0.15) is 40.5 Å². The van der Waals surface area contributed by atoms with Gasteiger partial charge in [0.2, 0.25) is 5.78 Å². The van der Waals surface area contributed by atoms with E-state index >= 15 is 0 Å². The summed E-state index contributed by atoms with van der Waals surface area (Å²) in [6.45, 7) is 1.43. The fourth-order valence-electron chi connectivity index (χ4n) is 2.52. The maximum absolute atomic E-state index is 12.3. The highest BCUT2D eigenvalue weighted by Gasteiger charge is 2.38. The number of ether oxygens (including phenoxy) is 1. The van der Waals surface area contributed by atoms with Crippen LogP contribution in [0.2, 0.25) is 0 Å². The smallest absolute Gasteiger partial charge is 0.228 e. The molecule has 1 aliphatic carbocycles. The van der Waals surface area contributed by atoms with Gasteiger partial charge in [-0.05, 0) is 19.8 Å².